The van der Waals surface area contributed by atoms with Gasteiger partial charge >= 0.3 is 6.18 Å². The Balaban J connectivity index is 2.99. The van der Waals surface area contributed by atoms with Gasteiger partial charge in [-0.1, -0.05) is 0 Å². The molecule has 0 amide bonds. The van der Waals surface area contributed by atoms with Crippen LogP contribution < -0.4 is 10.6 Å². The molecule has 2 N–H and O–H groups in total. The zero-order chi connectivity index (χ0) is 14.6. The molecule has 1 unspecified atom stereocenters. The van der Waals surface area contributed by atoms with Crippen molar-refractivity contribution in [3.63, 3.8) is 0 Å². The topological polar surface area (TPSA) is 51.4 Å². The molecule has 108 valence electrons. The van der Waals surface area contributed by atoms with Crippen molar-refractivity contribution in [3.05, 3.63) is 22.3 Å². The van der Waals surface area contributed by atoms with Crippen LogP contribution in [0.2, 0.25) is 0 Å². The van der Waals surface area contributed by atoms with Crippen LogP contribution in [0.5, 0.6) is 0 Å². The largest absolute Gasteiger partial charge is 0.419 e. The molecule has 1 atom stereocenters. The molecule has 0 aliphatic heterocycles. The Morgan fingerprint density at radius 2 is 2.16 bits per heavy atom. The zero-order valence-corrected chi connectivity index (χ0v) is 12.1. The first-order valence-corrected chi connectivity index (χ1v) is 6.23. The number of ether oxygens (including phenoxy) is 1. The number of anilines is 1. The lowest BCUT2D eigenvalue weighted by Gasteiger charge is -2.25. The molecule has 0 fully saturated rings. The number of pyridine rings is 1. The average Bonchev–Trinajstić information content (AvgIpc) is 2.27. The summed E-state index contributed by atoms with van der Waals surface area (Å²) in [5.41, 5.74) is 4.93. The highest BCUT2D eigenvalue weighted by Gasteiger charge is 2.35. The van der Waals surface area contributed by atoms with Gasteiger partial charge in [-0.2, -0.15) is 13.2 Å². The maximum absolute atomic E-state index is 12.9. The number of halogens is 4. The minimum atomic E-state index is -4.47. The van der Waals surface area contributed by atoms with E-state index in [0.29, 0.717) is 0 Å². The van der Waals surface area contributed by atoms with E-state index in [1.165, 1.54) is 25.3 Å². The summed E-state index contributed by atoms with van der Waals surface area (Å²) in [5, 5.41) is 0. The third kappa shape index (κ3) is 4.63. The molecule has 4 nitrogen and oxygen atoms in total. The molecule has 19 heavy (non-hydrogen) atoms. The molecule has 0 aromatic carbocycles. The summed E-state index contributed by atoms with van der Waals surface area (Å²) in [6, 6.07) is 0.613. The van der Waals surface area contributed by atoms with Crippen molar-refractivity contribution in [1.82, 2.24) is 4.98 Å². The summed E-state index contributed by atoms with van der Waals surface area (Å²) in [4.78, 5) is 5.19. The first-order valence-electron chi connectivity index (χ1n) is 5.44. The summed E-state index contributed by atoms with van der Waals surface area (Å²) in [6.07, 6.45) is -3.14. The minimum absolute atomic E-state index is 0.151. The molecular formula is C11H15BrF3N3O. The van der Waals surface area contributed by atoms with Crippen molar-refractivity contribution in [2.24, 2.45) is 5.73 Å². The van der Waals surface area contributed by atoms with Gasteiger partial charge < -0.3 is 15.4 Å². The first-order chi connectivity index (χ1) is 8.75. The van der Waals surface area contributed by atoms with Crippen molar-refractivity contribution >= 4 is 21.7 Å². The molecule has 1 heterocycles. The Morgan fingerprint density at radius 3 is 2.68 bits per heavy atom. The van der Waals surface area contributed by atoms with Gasteiger partial charge in [-0.3, -0.25) is 0 Å². The summed E-state index contributed by atoms with van der Waals surface area (Å²) in [6.45, 7) is 0.480. The monoisotopic (exact) mass is 341 g/mol. The van der Waals surface area contributed by atoms with Crippen LogP contribution in [0.1, 0.15) is 5.56 Å². The summed E-state index contributed by atoms with van der Waals surface area (Å²) in [7, 11) is 3.00. The van der Waals surface area contributed by atoms with Gasteiger partial charge in [-0.05, 0) is 22.0 Å². The van der Waals surface area contributed by atoms with Crippen LogP contribution in [-0.4, -0.2) is 38.3 Å². The maximum Gasteiger partial charge on any atom is 0.419 e. The summed E-state index contributed by atoms with van der Waals surface area (Å²) >= 11 is 2.99. The third-order valence-electron chi connectivity index (χ3n) is 2.39. The van der Waals surface area contributed by atoms with E-state index in [-0.39, 0.29) is 29.5 Å². The lowest BCUT2D eigenvalue weighted by molar-refractivity contribution is -0.137. The highest BCUT2D eigenvalue weighted by atomic mass is 79.9. The van der Waals surface area contributed by atoms with E-state index in [0.717, 1.165) is 6.07 Å². The molecule has 0 aliphatic carbocycles. The number of likely N-dealkylation sites (N-methyl/N-ethyl adjacent to an activating group) is 1. The fourth-order valence-corrected chi connectivity index (χ4v) is 1.98. The smallest absolute Gasteiger partial charge is 0.383 e. The van der Waals surface area contributed by atoms with Crippen LogP contribution in [0.3, 0.4) is 0 Å². The molecule has 0 saturated carbocycles. The molecule has 0 spiro atoms. The Morgan fingerprint density at radius 1 is 1.53 bits per heavy atom. The Bertz CT molecular complexity index is 428. The van der Waals surface area contributed by atoms with Crippen LogP contribution in [0, 0.1) is 0 Å². The Labute approximate surface area is 117 Å². The molecule has 1 aromatic heterocycles. The molecule has 0 radical (unpaired) electrons. The molecular weight excluding hydrogens is 327 g/mol. The van der Waals surface area contributed by atoms with E-state index in [1.807, 2.05) is 0 Å². The lowest BCUT2D eigenvalue weighted by atomic mass is 10.2. The highest BCUT2D eigenvalue weighted by Crippen LogP contribution is 2.36. The third-order valence-corrected chi connectivity index (χ3v) is 2.82. The number of nitrogens with zero attached hydrogens (tertiary/aromatic N) is 2. The molecule has 1 aromatic rings. The highest BCUT2D eigenvalue weighted by molar-refractivity contribution is 9.10. The second-order valence-corrected chi connectivity index (χ2v) is 5.03. The predicted molar refractivity (Wildman–Crippen MR) is 70.1 cm³/mol. The van der Waals surface area contributed by atoms with Gasteiger partial charge in [0.05, 0.1) is 12.2 Å². The number of alkyl halides is 3. The summed E-state index contributed by atoms with van der Waals surface area (Å²) < 4.78 is 43.9. The normalized spacial score (nSPS) is 13.4. The second kappa shape index (κ2) is 6.53. The van der Waals surface area contributed by atoms with E-state index in [2.05, 4.69) is 20.9 Å². The SMILES string of the molecule is COCC(N)CN(C)c1ncc(Br)cc1C(F)(F)F. The van der Waals surface area contributed by atoms with Gasteiger partial charge in [0.15, 0.2) is 0 Å². The van der Waals surface area contributed by atoms with Gasteiger partial charge in [-0.25, -0.2) is 4.98 Å². The van der Waals surface area contributed by atoms with Gasteiger partial charge in [0.2, 0.25) is 0 Å². The van der Waals surface area contributed by atoms with Crippen molar-refractivity contribution in [2.45, 2.75) is 12.2 Å². The predicted octanol–water partition coefficient (Wildman–Crippen LogP) is 2.27. The van der Waals surface area contributed by atoms with Crippen molar-refractivity contribution in [3.8, 4) is 0 Å². The van der Waals surface area contributed by atoms with Crippen LogP contribution in [0.25, 0.3) is 0 Å². The summed E-state index contributed by atoms with van der Waals surface area (Å²) in [5.74, 6) is -0.151. The van der Waals surface area contributed by atoms with Gasteiger partial charge in [0.25, 0.3) is 0 Å². The molecule has 1 rings (SSSR count). The van der Waals surface area contributed by atoms with E-state index < -0.39 is 11.7 Å². The molecule has 8 heteroatoms. The number of aromatic nitrogens is 1. The maximum atomic E-state index is 12.9. The molecule has 0 aliphatic rings. The number of rotatable bonds is 5. The van der Waals surface area contributed by atoms with E-state index in [9.17, 15) is 13.2 Å². The lowest BCUT2D eigenvalue weighted by Crippen LogP contribution is -2.39. The minimum Gasteiger partial charge on any atom is -0.383 e. The van der Waals surface area contributed by atoms with Crippen LogP contribution in [0.4, 0.5) is 19.0 Å². The zero-order valence-electron chi connectivity index (χ0n) is 10.5. The number of hydrogen-bond acceptors (Lipinski definition) is 4. The number of methoxy groups -OCH3 is 1. The molecule has 0 bridgehead atoms. The van der Waals surface area contributed by atoms with Crippen LogP contribution >= 0.6 is 15.9 Å². The van der Waals surface area contributed by atoms with Crippen molar-refractivity contribution in [1.29, 1.82) is 0 Å². The quantitative estimate of drug-likeness (QED) is 0.892. The Kier molecular flexibility index (Phi) is 5.57. The average molecular weight is 342 g/mol. The second-order valence-electron chi connectivity index (χ2n) is 4.12. The standard InChI is InChI=1S/C11H15BrF3N3O/c1-18(5-8(16)6-19-2)10-9(11(13,14)15)3-7(12)4-17-10/h3-4,8H,5-6,16H2,1-2H3. The Hall–Kier alpha value is -0.860. The number of hydrogen-bond donors (Lipinski definition) is 1. The first kappa shape index (κ1) is 16.2. The van der Waals surface area contributed by atoms with Crippen molar-refractivity contribution in [2.75, 3.05) is 32.2 Å². The fourth-order valence-electron chi connectivity index (χ4n) is 1.65. The van der Waals surface area contributed by atoms with E-state index in [1.54, 1.807) is 0 Å². The van der Waals surface area contributed by atoms with Gasteiger partial charge in [0.1, 0.15) is 5.82 Å². The molecule has 0 saturated heterocycles. The van der Waals surface area contributed by atoms with Gasteiger partial charge in [-0.15, -0.1) is 0 Å². The van der Waals surface area contributed by atoms with E-state index in [4.69, 9.17) is 10.5 Å². The number of nitrogens with two attached hydrogens (primary N) is 1. The van der Waals surface area contributed by atoms with E-state index >= 15 is 0 Å². The van der Waals surface area contributed by atoms with Crippen LogP contribution in [-0.2, 0) is 10.9 Å². The van der Waals surface area contributed by atoms with Crippen molar-refractivity contribution < 1.29 is 17.9 Å². The van der Waals surface area contributed by atoms with Gasteiger partial charge in [0, 0.05) is 37.4 Å². The van der Waals surface area contributed by atoms with Crippen LogP contribution in [0.15, 0.2) is 16.7 Å². The fraction of sp³-hybridized carbons (Fsp3) is 0.545.